The quantitative estimate of drug-likeness (QED) is 0.648. The molecule has 0 bridgehead atoms. The third kappa shape index (κ3) is 1.04. The van der Waals surface area contributed by atoms with Crippen LogP contribution in [0.5, 0.6) is 0 Å². The number of rotatable bonds is 0. The van der Waals surface area contributed by atoms with Crippen LogP contribution in [0.1, 0.15) is 0 Å². The van der Waals surface area contributed by atoms with E-state index < -0.39 is 0 Å². The van der Waals surface area contributed by atoms with Crippen molar-refractivity contribution in [2.75, 3.05) is 17.4 Å². The highest BCUT2D eigenvalue weighted by Crippen LogP contribution is 2.35. The van der Waals surface area contributed by atoms with E-state index in [1.54, 1.807) is 0 Å². The highest BCUT2D eigenvalue weighted by Gasteiger charge is 2.28. The van der Waals surface area contributed by atoms with Gasteiger partial charge in [-0.15, -0.1) is 0 Å². The van der Waals surface area contributed by atoms with Crippen LogP contribution in [-0.2, 0) is 10.9 Å². The van der Waals surface area contributed by atoms with Crippen molar-refractivity contribution in [3.05, 3.63) is 36.4 Å². The summed E-state index contributed by atoms with van der Waals surface area (Å²) in [6.07, 6.45) is 2.30. The Hall–Kier alpha value is -1.15. The maximum absolute atomic E-state index is 3.51. The Morgan fingerprint density at radius 2 is 2.00 bits per heavy atom. The van der Waals surface area contributed by atoms with Gasteiger partial charge in [0.1, 0.15) is 11.9 Å². The molecule has 1 nitrogen and oxygen atoms in total. The van der Waals surface area contributed by atoms with Crippen molar-refractivity contribution < 1.29 is 0 Å². The van der Waals surface area contributed by atoms with Crippen molar-refractivity contribution in [1.29, 1.82) is 0 Å². The van der Waals surface area contributed by atoms with Gasteiger partial charge in [-0.2, -0.15) is 0 Å². The molecule has 70 valence electrons. The number of hydrogen-bond donors (Lipinski definition) is 1. The predicted molar refractivity (Wildman–Crippen MR) is 64.0 cm³/mol. The lowest BCUT2D eigenvalue weighted by molar-refractivity contribution is 1.46. The molecule has 1 heterocycles. The fraction of sp³-hybridized carbons (Fsp3) is 0.167. The van der Waals surface area contributed by atoms with Crippen LogP contribution < -0.4 is 5.32 Å². The van der Waals surface area contributed by atoms with Crippen LogP contribution in [0.3, 0.4) is 0 Å². The second kappa shape index (κ2) is 2.92. The molecule has 0 saturated carbocycles. The fourth-order valence-corrected chi connectivity index (χ4v) is 3.33. The van der Waals surface area contributed by atoms with Crippen molar-refractivity contribution in [2.45, 2.75) is 4.90 Å². The second-order valence-corrected chi connectivity index (χ2v) is 5.62. The molecule has 1 aliphatic heterocycles. The van der Waals surface area contributed by atoms with Gasteiger partial charge >= 0.3 is 0 Å². The first-order chi connectivity index (χ1) is 6.86. The SMILES string of the molecule is C[S+]1CNc2c1ccc1ccccc21. The second-order valence-electron chi connectivity index (χ2n) is 3.62. The highest BCUT2D eigenvalue weighted by molar-refractivity contribution is 7.96. The van der Waals surface area contributed by atoms with E-state index in [0.717, 1.165) is 5.88 Å². The summed E-state index contributed by atoms with van der Waals surface area (Å²) in [4.78, 5) is 1.49. The third-order valence-electron chi connectivity index (χ3n) is 2.73. The van der Waals surface area contributed by atoms with Gasteiger partial charge in [0, 0.05) is 16.3 Å². The average Bonchev–Trinajstić information content (AvgIpc) is 2.61. The van der Waals surface area contributed by atoms with Crippen molar-refractivity contribution in [1.82, 2.24) is 0 Å². The van der Waals surface area contributed by atoms with Gasteiger partial charge in [-0.25, -0.2) is 0 Å². The monoisotopic (exact) mass is 202 g/mol. The van der Waals surface area contributed by atoms with Gasteiger partial charge in [0.25, 0.3) is 0 Å². The molecule has 1 unspecified atom stereocenters. The summed E-state index contributed by atoms with van der Waals surface area (Å²) in [5.41, 5.74) is 1.36. The first-order valence-electron chi connectivity index (χ1n) is 4.74. The van der Waals surface area contributed by atoms with E-state index in [1.165, 1.54) is 21.4 Å². The molecule has 2 heteroatoms. The van der Waals surface area contributed by atoms with E-state index in [4.69, 9.17) is 0 Å². The summed E-state index contributed by atoms with van der Waals surface area (Å²) in [5.74, 6) is 1.10. The summed E-state index contributed by atoms with van der Waals surface area (Å²) in [5, 5.41) is 6.20. The van der Waals surface area contributed by atoms with E-state index in [0.29, 0.717) is 10.9 Å². The van der Waals surface area contributed by atoms with Crippen molar-refractivity contribution in [3.63, 3.8) is 0 Å². The first kappa shape index (κ1) is 8.18. The lowest BCUT2D eigenvalue weighted by Gasteiger charge is -2.01. The van der Waals surface area contributed by atoms with Crippen LogP contribution in [0.4, 0.5) is 5.69 Å². The van der Waals surface area contributed by atoms with Gasteiger partial charge in [0.2, 0.25) is 0 Å². The normalized spacial score (nSPS) is 19.4. The number of anilines is 1. The van der Waals surface area contributed by atoms with E-state index in [1.807, 2.05) is 0 Å². The summed E-state index contributed by atoms with van der Waals surface area (Å²) in [6, 6.07) is 13.1. The van der Waals surface area contributed by atoms with E-state index >= 15 is 0 Å². The summed E-state index contributed by atoms with van der Waals surface area (Å²) >= 11 is 0. The minimum Gasteiger partial charge on any atom is -0.338 e. The molecule has 0 radical (unpaired) electrons. The average molecular weight is 202 g/mol. The van der Waals surface area contributed by atoms with Gasteiger partial charge in [-0.3, -0.25) is 0 Å². The summed E-state index contributed by atoms with van der Waals surface area (Å²) < 4.78 is 0. The maximum Gasteiger partial charge on any atom is 0.184 e. The molecule has 1 atom stereocenters. The maximum atomic E-state index is 3.51. The van der Waals surface area contributed by atoms with Gasteiger partial charge in [0.15, 0.2) is 10.8 Å². The Morgan fingerprint density at radius 3 is 2.93 bits per heavy atom. The van der Waals surface area contributed by atoms with Crippen molar-refractivity contribution >= 4 is 27.4 Å². The summed E-state index contributed by atoms with van der Waals surface area (Å²) in [6.45, 7) is 0. The van der Waals surface area contributed by atoms with Crippen molar-refractivity contribution in [3.8, 4) is 0 Å². The van der Waals surface area contributed by atoms with Gasteiger partial charge in [-0.05, 0) is 17.5 Å². The lowest BCUT2D eigenvalue weighted by atomic mass is 10.1. The molecule has 0 spiro atoms. The van der Waals surface area contributed by atoms with Gasteiger partial charge in [0.05, 0.1) is 0 Å². The van der Waals surface area contributed by atoms with Gasteiger partial charge in [-0.1, -0.05) is 24.3 Å². The molecule has 0 fully saturated rings. The van der Waals surface area contributed by atoms with Gasteiger partial charge < -0.3 is 5.32 Å². The minimum atomic E-state index is 0.385. The lowest BCUT2D eigenvalue weighted by Crippen LogP contribution is -2.01. The van der Waals surface area contributed by atoms with E-state index in [9.17, 15) is 0 Å². The van der Waals surface area contributed by atoms with Crippen LogP contribution >= 0.6 is 0 Å². The molecular formula is C12H12NS+. The molecule has 0 saturated heterocycles. The zero-order valence-corrected chi connectivity index (χ0v) is 8.90. The predicted octanol–water partition coefficient (Wildman–Crippen LogP) is 2.83. The standard InChI is InChI=1S/C12H12NS/c1-14-8-13-12-10-5-3-2-4-9(10)6-7-11(12)14/h2-7,13H,8H2,1H3/q+1. The molecule has 0 aliphatic carbocycles. The molecule has 1 N–H and O–H groups in total. The molecule has 3 rings (SSSR count). The van der Waals surface area contributed by atoms with Crippen LogP contribution in [0.25, 0.3) is 10.8 Å². The first-order valence-corrected chi connectivity index (χ1v) is 6.54. The van der Waals surface area contributed by atoms with Crippen LogP contribution in [0, 0.1) is 0 Å². The third-order valence-corrected chi connectivity index (χ3v) is 4.40. The minimum absolute atomic E-state index is 0.385. The number of hydrogen-bond acceptors (Lipinski definition) is 1. The molecule has 0 aromatic heterocycles. The number of fused-ring (bicyclic) bond motifs is 3. The molecule has 0 amide bonds. The van der Waals surface area contributed by atoms with E-state index in [-0.39, 0.29) is 0 Å². The number of nitrogens with one attached hydrogen (secondary N) is 1. The Kier molecular flexibility index (Phi) is 1.71. The van der Waals surface area contributed by atoms with Crippen LogP contribution in [0.2, 0.25) is 0 Å². The smallest absolute Gasteiger partial charge is 0.184 e. The highest BCUT2D eigenvalue weighted by atomic mass is 32.2. The molecule has 14 heavy (non-hydrogen) atoms. The summed E-state index contributed by atoms with van der Waals surface area (Å²) in [7, 11) is 0.385. The number of benzene rings is 2. The molecule has 1 aliphatic rings. The Bertz CT molecular complexity index is 493. The largest absolute Gasteiger partial charge is 0.338 e. The van der Waals surface area contributed by atoms with Crippen molar-refractivity contribution in [2.24, 2.45) is 0 Å². The van der Waals surface area contributed by atoms with Crippen LogP contribution in [0.15, 0.2) is 41.3 Å². The molecular weight excluding hydrogens is 190 g/mol. The molecule has 2 aromatic rings. The van der Waals surface area contributed by atoms with E-state index in [2.05, 4.69) is 48.0 Å². The zero-order chi connectivity index (χ0) is 9.54. The Labute approximate surface area is 86.5 Å². The zero-order valence-electron chi connectivity index (χ0n) is 8.08. The van der Waals surface area contributed by atoms with Crippen LogP contribution in [-0.4, -0.2) is 12.1 Å². The molecule has 2 aromatic carbocycles. The Balaban J connectivity index is 2.38. The topological polar surface area (TPSA) is 12.0 Å². The fourth-order valence-electron chi connectivity index (χ4n) is 1.98. The Morgan fingerprint density at radius 1 is 1.14 bits per heavy atom.